The van der Waals surface area contributed by atoms with Gasteiger partial charge in [-0.1, -0.05) is 11.6 Å². The number of halogens is 1. The lowest BCUT2D eigenvalue weighted by Crippen LogP contribution is -2.36. The summed E-state index contributed by atoms with van der Waals surface area (Å²) < 4.78 is 0. The van der Waals surface area contributed by atoms with E-state index < -0.39 is 0 Å². The third kappa shape index (κ3) is 2.86. The summed E-state index contributed by atoms with van der Waals surface area (Å²) in [4.78, 5) is 15.2. The predicted molar refractivity (Wildman–Crippen MR) is 54.8 cm³/mol. The van der Waals surface area contributed by atoms with Gasteiger partial charge in [0.2, 0.25) is 0 Å². The third-order valence-corrected chi connectivity index (χ3v) is 1.59. The minimum Gasteiger partial charge on any atom is -0.384 e. The molecule has 0 aliphatic rings. The molecule has 6 heteroatoms. The summed E-state index contributed by atoms with van der Waals surface area (Å²) in [6, 6.07) is 2.92. The molecule has 14 heavy (non-hydrogen) atoms. The van der Waals surface area contributed by atoms with Gasteiger partial charge in [-0.15, -0.1) is 0 Å². The number of anilines is 1. The van der Waals surface area contributed by atoms with E-state index in [0.717, 1.165) is 0 Å². The quantitative estimate of drug-likeness (QED) is 0.556. The van der Waals surface area contributed by atoms with Gasteiger partial charge in [-0.2, -0.15) is 0 Å². The molecule has 0 aromatic carbocycles. The van der Waals surface area contributed by atoms with Gasteiger partial charge in [0.15, 0.2) is 0 Å². The Morgan fingerprint density at radius 3 is 2.71 bits per heavy atom. The van der Waals surface area contributed by atoms with E-state index in [-0.39, 0.29) is 16.9 Å². The second kappa shape index (κ2) is 4.26. The first-order chi connectivity index (χ1) is 6.49. The van der Waals surface area contributed by atoms with E-state index in [1.54, 1.807) is 14.1 Å². The Balaban J connectivity index is 2.90. The van der Waals surface area contributed by atoms with Crippen LogP contribution >= 0.6 is 11.6 Å². The fraction of sp³-hybridized carbons (Fsp3) is 0.250. The first-order valence-corrected chi connectivity index (χ1v) is 4.28. The molecular weight excluding hydrogens is 204 g/mol. The standard InChI is InChI=1S/C8H11ClN4O/c1-13(2)12-8(14)5-3-6(9)11-7(10)4-5/h3-4H,1-2H3,(H2,10,11)(H,12,14). The van der Waals surface area contributed by atoms with Crippen LogP contribution in [-0.4, -0.2) is 30.0 Å². The van der Waals surface area contributed by atoms with Crippen LogP contribution in [-0.2, 0) is 0 Å². The van der Waals surface area contributed by atoms with Crippen molar-refractivity contribution in [3.05, 3.63) is 22.8 Å². The molecule has 1 amide bonds. The number of nitrogens with zero attached hydrogens (tertiary/aromatic N) is 2. The normalized spacial score (nSPS) is 10.3. The number of carbonyl (C=O) groups excluding carboxylic acids is 1. The maximum Gasteiger partial charge on any atom is 0.265 e. The molecule has 0 atom stereocenters. The average molecular weight is 215 g/mol. The topological polar surface area (TPSA) is 71.2 Å². The van der Waals surface area contributed by atoms with E-state index in [4.69, 9.17) is 17.3 Å². The smallest absolute Gasteiger partial charge is 0.265 e. The van der Waals surface area contributed by atoms with Crippen LogP contribution in [0.3, 0.4) is 0 Å². The van der Waals surface area contributed by atoms with E-state index in [9.17, 15) is 4.79 Å². The van der Waals surface area contributed by atoms with Crippen molar-refractivity contribution in [3.8, 4) is 0 Å². The van der Waals surface area contributed by atoms with Crippen LogP contribution in [0.5, 0.6) is 0 Å². The first-order valence-electron chi connectivity index (χ1n) is 3.90. The number of nitrogen functional groups attached to an aromatic ring is 1. The zero-order valence-corrected chi connectivity index (χ0v) is 8.67. The monoisotopic (exact) mass is 214 g/mol. The second-order valence-electron chi connectivity index (χ2n) is 2.94. The number of hydrogen-bond donors (Lipinski definition) is 2. The van der Waals surface area contributed by atoms with Crippen molar-refractivity contribution in [1.29, 1.82) is 0 Å². The number of aromatic nitrogens is 1. The number of nitrogens with two attached hydrogens (primary N) is 1. The zero-order valence-electron chi connectivity index (χ0n) is 7.91. The molecule has 0 bridgehead atoms. The molecule has 3 N–H and O–H groups in total. The van der Waals surface area contributed by atoms with Gasteiger partial charge >= 0.3 is 0 Å². The molecule has 0 radical (unpaired) electrons. The summed E-state index contributed by atoms with van der Waals surface area (Å²) in [6.45, 7) is 0. The van der Waals surface area contributed by atoms with Gasteiger partial charge in [0.25, 0.3) is 5.91 Å². The Morgan fingerprint density at radius 2 is 2.21 bits per heavy atom. The lowest BCUT2D eigenvalue weighted by Gasteiger charge is -2.11. The fourth-order valence-corrected chi connectivity index (χ4v) is 1.13. The molecule has 76 valence electrons. The summed E-state index contributed by atoms with van der Waals surface area (Å²) in [5, 5.41) is 1.74. The summed E-state index contributed by atoms with van der Waals surface area (Å²) in [5.74, 6) is -0.0487. The van der Waals surface area contributed by atoms with Gasteiger partial charge in [-0.05, 0) is 12.1 Å². The molecule has 0 aliphatic carbocycles. The molecule has 0 spiro atoms. The van der Waals surface area contributed by atoms with Crippen molar-refractivity contribution in [2.45, 2.75) is 0 Å². The number of amides is 1. The molecular formula is C8H11ClN4O. The first kappa shape index (κ1) is 10.7. The number of nitrogens with one attached hydrogen (secondary N) is 1. The Bertz CT molecular complexity index is 333. The zero-order chi connectivity index (χ0) is 10.7. The highest BCUT2D eigenvalue weighted by Crippen LogP contribution is 2.11. The predicted octanol–water partition coefficient (Wildman–Crippen LogP) is 0.524. The molecule has 0 saturated carbocycles. The van der Waals surface area contributed by atoms with E-state index in [1.165, 1.54) is 17.1 Å². The van der Waals surface area contributed by atoms with Crippen LogP contribution in [0.2, 0.25) is 5.15 Å². The van der Waals surface area contributed by atoms with Crippen LogP contribution in [0, 0.1) is 0 Å². The summed E-state index contributed by atoms with van der Waals surface area (Å²) >= 11 is 5.65. The average Bonchev–Trinajstić information content (AvgIpc) is 2.00. The summed E-state index contributed by atoms with van der Waals surface area (Å²) in [6.07, 6.45) is 0. The highest BCUT2D eigenvalue weighted by Gasteiger charge is 2.08. The van der Waals surface area contributed by atoms with Crippen molar-refractivity contribution in [2.24, 2.45) is 0 Å². The maximum atomic E-state index is 11.5. The number of hydrazine groups is 1. The Kier molecular flexibility index (Phi) is 3.27. The summed E-state index contributed by atoms with van der Waals surface area (Å²) in [7, 11) is 3.42. The molecule has 1 heterocycles. The highest BCUT2D eigenvalue weighted by atomic mass is 35.5. The van der Waals surface area contributed by atoms with Crippen LogP contribution in [0.4, 0.5) is 5.82 Å². The molecule has 0 fully saturated rings. The third-order valence-electron chi connectivity index (χ3n) is 1.40. The minimum atomic E-state index is -0.272. The van der Waals surface area contributed by atoms with E-state index >= 15 is 0 Å². The molecule has 0 saturated heterocycles. The fourth-order valence-electron chi connectivity index (χ4n) is 0.916. The van der Waals surface area contributed by atoms with Crippen molar-refractivity contribution < 1.29 is 4.79 Å². The number of hydrogen-bond acceptors (Lipinski definition) is 4. The van der Waals surface area contributed by atoms with Crippen molar-refractivity contribution >= 4 is 23.3 Å². The number of rotatable bonds is 2. The van der Waals surface area contributed by atoms with Gasteiger partial charge in [0, 0.05) is 19.7 Å². The lowest BCUT2D eigenvalue weighted by atomic mass is 10.2. The van der Waals surface area contributed by atoms with Crippen molar-refractivity contribution in [2.75, 3.05) is 19.8 Å². The van der Waals surface area contributed by atoms with Crippen LogP contribution in [0.15, 0.2) is 12.1 Å². The minimum absolute atomic E-state index is 0.203. The van der Waals surface area contributed by atoms with Gasteiger partial charge in [0.1, 0.15) is 11.0 Å². The van der Waals surface area contributed by atoms with Crippen LogP contribution in [0.1, 0.15) is 10.4 Å². The van der Waals surface area contributed by atoms with Gasteiger partial charge in [-0.25, -0.2) is 9.99 Å². The van der Waals surface area contributed by atoms with Crippen LogP contribution in [0.25, 0.3) is 0 Å². The Morgan fingerprint density at radius 1 is 1.57 bits per heavy atom. The van der Waals surface area contributed by atoms with Gasteiger partial charge in [-0.3, -0.25) is 10.2 Å². The second-order valence-corrected chi connectivity index (χ2v) is 3.33. The van der Waals surface area contributed by atoms with Gasteiger partial charge < -0.3 is 5.73 Å². The Labute approximate surface area is 86.8 Å². The Hall–Kier alpha value is -1.33. The molecule has 5 nitrogen and oxygen atoms in total. The van der Waals surface area contributed by atoms with Gasteiger partial charge in [0.05, 0.1) is 0 Å². The lowest BCUT2D eigenvalue weighted by molar-refractivity contribution is 0.0857. The van der Waals surface area contributed by atoms with E-state index in [0.29, 0.717) is 5.56 Å². The van der Waals surface area contributed by atoms with Crippen LogP contribution < -0.4 is 11.2 Å². The molecule has 1 aromatic rings. The van der Waals surface area contributed by atoms with Crippen molar-refractivity contribution in [1.82, 2.24) is 15.4 Å². The maximum absolute atomic E-state index is 11.5. The largest absolute Gasteiger partial charge is 0.384 e. The van der Waals surface area contributed by atoms with E-state index in [1.807, 2.05) is 0 Å². The van der Waals surface area contributed by atoms with E-state index in [2.05, 4.69) is 10.4 Å². The number of pyridine rings is 1. The highest BCUT2D eigenvalue weighted by molar-refractivity contribution is 6.29. The molecule has 1 rings (SSSR count). The molecule has 0 aliphatic heterocycles. The molecule has 1 aromatic heterocycles. The SMILES string of the molecule is CN(C)NC(=O)c1cc(N)nc(Cl)c1. The number of carbonyl (C=O) groups is 1. The summed E-state index contributed by atoms with van der Waals surface area (Å²) in [5.41, 5.74) is 8.39. The molecule has 0 unspecified atom stereocenters. The van der Waals surface area contributed by atoms with Crippen molar-refractivity contribution in [3.63, 3.8) is 0 Å².